The second-order valence-corrected chi connectivity index (χ2v) is 7.06. The monoisotopic (exact) mass is 299 g/mol. The number of likely N-dealkylation sites (tertiary alicyclic amines) is 1. The lowest BCUT2D eigenvalue weighted by Gasteiger charge is -2.35. The maximum Gasteiger partial charge on any atom is 0.280 e. The molecule has 0 radical (unpaired) electrons. The Balaban J connectivity index is 2.27. The van der Waals surface area contributed by atoms with Gasteiger partial charge < -0.3 is 15.1 Å². The number of hydrogen-bond acceptors (Lipinski definition) is 1. The SMILES string of the molecule is CC[NH+](CC)CCC[NH2+][C@@H](C)C(=O)N1C[C@H](C)C[C@H](C)C1. The Morgan fingerprint density at radius 1 is 1.24 bits per heavy atom. The average Bonchev–Trinajstić information content (AvgIpc) is 2.45. The molecule has 124 valence electrons. The van der Waals surface area contributed by atoms with E-state index in [1.165, 1.54) is 32.5 Å². The minimum atomic E-state index is 0.0780. The molecular weight excluding hydrogens is 262 g/mol. The molecule has 0 saturated carbocycles. The van der Waals surface area contributed by atoms with Crippen molar-refractivity contribution < 1.29 is 15.0 Å². The second-order valence-electron chi connectivity index (χ2n) is 7.06. The van der Waals surface area contributed by atoms with Crippen LogP contribution < -0.4 is 10.2 Å². The number of quaternary nitrogens is 2. The zero-order valence-corrected chi connectivity index (χ0v) is 14.8. The van der Waals surface area contributed by atoms with Crippen molar-refractivity contribution in [3.63, 3.8) is 0 Å². The van der Waals surface area contributed by atoms with E-state index in [1.54, 1.807) is 4.90 Å². The first-order valence-corrected chi connectivity index (χ1v) is 8.93. The van der Waals surface area contributed by atoms with Crippen LogP contribution in [-0.4, -0.2) is 56.1 Å². The summed E-state index contributed by atoms with van der Waals surface area (Å²) in [5.41, 5.74) is 0. The van der Waals surface area contributed by atoms with Gasteiger partial charge in [-0.3, -0.25) is 4.79 Å². The Morgan fingerprint density at radius 2 is 1.81 bits per heavy atom. The quantitative estimate of drug-likeness (QED) is 0.597. The number of amides is 1. The van der Waals surface area contributed by atoms with Gasteiger partial charge in [-0.25, -0.2) is 0 Å². The summed E-state index contributed by atoms with van der Waals surface area (Å²) in [4.78, 5) is 16.3. The van der Waals surface area contributed by atoms with Crippen LogP contribution in [0.2, 0.25) is 0 Å². The first-order chi connectivity index (χ1) is 9.97. The maximum atomic E-state index is 12.5. The molecule has 1 rings (SSSR count). The molecule has 1 heterocycles. The third-order valence-electron chi connectivity index (χ3n) is 4.82. The van der Waals surface area contributed by atoms with Gasteiger partial charge in [0.05, 0.1) is 26.2 Å². The fraction of sp³-hybridized carbons (Fsp3) is 0.941. The van der Waals surface area contributed by atoms with Crippen molar-refractivity contribution >= 4 is 5.91 Å². The molecule has 3 N–H and O–H groups in total. The molecule has 1 saturated heterocycles. The highest BCUT2D eigenvalue weighted by molar-refractivity contribution is 5.80. The van der Waals surface area contributed by atoms with Crippen molar-refractivity contribution in [1.29, 1.82) is 0 Å². The molecule has 1 fully saturated rings. The highest BCUT2D eigenvalue weighted by Gasteiger charge is 2.29. The van der Waals surface area contributed by atoms with Crippen LogP contribution in [0.3, 0.4) is 0 Å². The molecule has 3 atom stereocenters. The van der Waals surface area contributed by atoms with Gasteiger partial charge in [0.25, 0.3) is 5.91 Å². The summed E-state index contributed by atoms with van der Waals surface area (Å²) >= 11 is 0. The molecule has 1 aliphatic rings. The fourth-order valence-corrected chi connectivity index (χ4v) is 3.56. The molecule has 4 nitrogen and oxygen atoms in total. The summed E-state index contributed by atoms with van der Waals surface area (Å²) in [5.74, 6) is 1.64. The third kappa shape index (κ3) is 6.35. The van der Waals surface area contributed by atoms with Crippen LogP contribution in [0.1, 0.15) is 47.5 Å². The summed E-state index contributed by atoms with van der Waals surface area (Å²) in [6.45, 7) is 17.7. The molecule has 0 aliphatic carbocycles. The fourth-order valence-electron chi connectivity index (χ4n) is 3.56. The van der Waals surface area contributed by atoms with E-state index in [0.717, 1.165) is 19.6 Å². The first kappa shape index (κ1) is 18.4. The van der Waals surface area contributed by atoms with E-state index in [4.69, 9.17) is 0 Å². The lowest BCUT2D eigenvalue weighted by Crippen LogP contribution is -3.11. The summed E-state index contributed by atoms with van der Waals surface area (Å²) in [6, 6.07) is 0.0780. The number of carbonyl (C=O) groups excluding carboxylic acids is 1. The van der Waals surface area contributed by atoms with E-state index in [0.29, 0.717) is 17.7 Å². The maximum absolute atomic E-state index is 12.5. The van der Waals surface area contributed by atoms with Crippen molar-refractivity contribution in [2.75, 3.05) is 39.3 Å². The van der Waals surface area contributed by atoms with Gasteiger partial charge in [0, 0.05) is 19.5 Å². The Kier molecular flexibility index (Phi) is 8.27. The molecule has 0 aromatic heterocycles. The lowest BCUT2D eigenvalue weighted by atomic mass is 9.91. The van der Waals surface area contributed by atoms with Crippen LogP contribution in [0.25, 0.3) is 0 Å². The van der Waals surface area contributed by atoms with Gasteiger partial charge in [-0.1, -0.05) is 13.8 Å². The smallest absolute Gasteiger partial charge is 0.280 e. The van der Waals surface area contributed by atoms with Crippen molar-refractivity contribution in [1.82, 2.24) is 4.90 Å². The molecule has 0 unspecified atom stereocenters. The molecule has 1 amide bonds. The van der Waals surface area contributed by atoms with Crippen molar-refractivity contribution in [2.45, 2.75) is 53.5 Å². The average molecular weight is 300 g/mol. The Morgan fingerprint density at radius 3 is 2.33 bits per heavy atom. The van der Waals surface area contributed by atoms with Gasteiger partial charge in [0.15, 0.2) is 6.04 Å². The van der Waals surface area contributed by atoms with Gasteiger partial charge in [-0.2, -0.15) is 0 Å². The van der Waals surface area contributed by atoms with Crippen molar-refractivity contribution in [2.24, 2.45) is 11.8 Å². The van der Waals surface area contributed by atoms with E-state index >= 15 is 0 Å². The number of nitrogens with zero attached hydrogens (tertiary/aromatic N) is 1. The number of hydrogen-bond donors (Lipinski definition) is 2. The van der Waals surface area contributed by atoms with Crippen molar-refractivity contribution in [3.8, 4) is 0 Å². The summed E-state index contributed by atoms with van der Waals surface area (Å²) in [7, 11) is 0. The second kappa shape index (κ2) is 9.42. The van der Waals surface area contributed by atoms with Gasteiger partial charge >= 0.3 is 0 Å². The standard InChI is InChI=1S/C17H35N3O/c1-6-19(7-2)10-8-9-18-16(5)17(21)20-12-14(3)11-15(4)13-20/h14-16,18H,6-13H2,1-5H3/p+2/t14-,15+,16-/m0/s1. The zero-order valence-electron chi connectivity index (χ0n) is 14.8. The highest BCUT2D eigenvalue weighted by atomic mass is 16.2. The normalized spacial score (nSPS) is 24.4. The Labute approximate surface area is 131 Å². The Hall–Kier alpha value is -0.610. The number of carbonyl (C=O) groups is 1. The van der Waals surface area contributed by atoms with Crippen LogP contribution in [0.5, 0.6) is 0 Å². The lowest BCUT2D eigenvalue weighted by molar-refractivity contribution is -0.898. The molecule has 4 heteroatoms. The molecule has 0 aromatic carbocycles. The van der Waals surface area contributed by atoms with Crippen LogP contribution in [-0.2, 0) is 4.79 Å². The van der Waals surface area contributed by atoms with E-state index in [-0.39, 0.29) is 6.04 Å². The van der Waals surface area contributed by atoms with E-state index < -0.39 is 0 Å². The molecule has 0 spiro atoms. The summed E-state index contributed by atoms with van der Waals surface area (Å²) < 4.78 is 0. The van der Waals surface area contributed by atoms with Crippen LogP contribution >= 0.6 is 0 Å². The van der Waals surface area contributed by atoms with Gasteiger partial charge in [-0.15, -0.1) is 0 Å². The third-order valence-corrected chi connectivity index (χ3v) is 4.82. The Bertz CT molecular complexity index is 294. The predicted molar refractivity (Wildman–Crippen MR) is 87.3 cm³/mol. The number of nitrogens with one attached hydrogen (secondary N) is 1. The minimum absolute atomic E-state index is 0.0780. The topological polar surface area (TPSA) is 41.4 Å². The highest BCUT2D eigenvalue weighted by Crippen LogP contribution is 2.21. The predicted octanol–water partition coefficient (Wildman–Crippen LogP) is -0.242. The molecular formula is C17H37N3O+2. The van der Waals surface area contributed by atoms with E-state index in [1.807, 2.05) is 0 Å². The zero-order chi connectivity index (χ0) is 15.8. The minimum Gasteiger partial charge on any atom is -0.337 e. The first-order valence-electron chi connectivity index (χ1n) is 8.93. The number of rotatable bonds is 8. The van der Waals surface area contributed by atoms with Gasteiger partial charge in [0.1, 0.15) is 0 Å². The van der Waals surface area contributed by atoms with Crippen LogP contribution in [0.4, 0.5) is 0 Å². The van der Waals surface area contributed by atoms with E-state index in [2.05, 4.69) is 44.8 Å². The van der Waals surface area contributed by atoms with Crippen molar-refractivity contribution in [3.05, 3.63) is 0 Å². The largest absolute Gasteiger partial charge is 0.337 e. The summed E-state index contributed by atoms with van der Waals surface area (Å²) in [5, 5.41) is 2.23. The van der Waals surface area contributed by atoms with Crippen LogP contribution in [0.15, 0.2) is 0 Å². The molecule has 1 aliphatic heterocycles. The molecule has 0 aromatic rings. The summed E-state index contributed by atoms with van der Waals surface area (Å²) in [6.07, 6.45) is 2.45. The van der Waals surface area contributed by atoms with E-state index in [9.17, 15) is 4.79 Å². The number of piperidine rings is 1. The van der Waals surface area contributed by atoms with Gasteiger partial charge in [-0.05, 0) is 39.0 Å². The number of nitrogens with two attached hydrogens (primary N) is 1. The molecule has 21 heavy (non-hydrogen) atoms. The van der Waals surface area contributed by atoms with Crippen LogP contribution in [0, 0.1) is 11.8 Å². The molecule has 0 bridgehead atoms. The van der Waals surface area contributed by atoms with Gasteiger partial charge in [0.2, 0.25) is 0 Å².